The SMILES string of the molecule is COCC1CCN(S(=O)(=O)NC2CCN(c3nccc(C4CCOCC4)n3)C2)CC1. The van der Waals surface area contributed by atoms with E-state index in [9.17, 15) is 8.42 Å². The Labute approximate surface area is 179 Å². The predicted molar refractivity (Wildman–Crippen MR) is 114 cm³/mol. The summed E-state index contributed by atoms with van der Waals surface area (Å²) < 4.78 is 40.8. The lowest BCUT2D eigenvalue weighted by Gasteiger charge is -2.31. The van der Waals surface area contributed by atoms with E-state index in [-0.39, 0.29) is 6.04 Å². The van der Waals surface area contributed by atoms with Gasteiger partial charge in [0.05, 0.1) is 0 Å². The lowest BCUT2D eigenvalue weighted by molar-refractivity contribution is 0.0845. The molecule has 1 N–H and O–H groups in total. The van der Waals surface area contributed by atoms with Crippen LogP contribution in [0, 0.1) is 5.92 Å². The van der Waals surface area contributed by atoms with Crippen LogP contribution in [0.25, 0.3) is 0 Å². The minimum Gasteiger partial charge on any atom is -0.384 e. The summed E-state index contributed by atoms with van der Waals surface area (Å²) in [4.78, 5) is 11.3. The van der Waals surface area contributed by atoms with E-state index in [0.29, 0.717) is 44.0 Å². The topological polar surface area (TPSA) is 96.9 Å². The van der Waals surface area contributed by atoms with Crippen molar-refractivity contribution in [1.82, 2.24) is 19.0 Å². The molecule has 9 nitrogen and oxygen atoms in total. The molecular weight excluding hydrogens is 406 g/mol. The highest BCUT2D eigenvalue weighted by Crippen LogP contribution is 2.27. The molecule has 168 valence electrons. The quantitative estimate of drug-likeness (QED) is 0.680. The summed E-state index contributed by atoms with van der Waals surface area (Å²) >= 11 is 0. The van der Waals surface area contributed by atoms with Gasteiger partial charge in [0.15, 0.2) is 0 Å². The van der Waals surface area contributed by atoms with E-state index in [1.807, 2.05) is 12.3 Å². The van der Waals surface area contributed by atoms with Crippen molar-refractivity contribution in [3.05, 3.63) is 18.0 Å². The zero-order chi connectivity index (χ0) is 21.0. The highest BCUT2D eigenvalue weighted by Gasteiger charge is 2.33. The van der Waals surface area contributed by atoms with Crippen LogP contribution in [0.5, 0.6) is 0 Å². The number of ether oxygens (including phenoxy) is 2. The van der Waals surface area contributed by atoms with Crippen molar-refractivity contribution in [3.8, 4) is 0 Å². The third-order valence-corrected chi connectivity index (χ3v) is 8.08. The molecule has 0 aliphatic carbocycles. The first kappa shape index (κ1) is 21.9. The third kappa shape index (κ3) is 5.28. The van der Waals surface area contributed by atoms with Crippen LogP contribution in [0.4, 0.5) is 5.95 Å². The number of nitrogens with zero attached hydrogens (tertiary/aromatic N) is 4. The van der Waals surface area contributed by atoms with Crippen LogP contribution < -0.4 is 9.62 Å². The van der Waals surface area contributed by atoms with E-state index < -0.39 is 10.2 Å². The average Bonchev–Trinajstić information content (AvgIpc) is 3.23. The Morgan fingerprint density at radius 3 is 2.67 bits per heavy atom. The Kier molecular flexibility index (Phi) is 7.20. The fourth-order valence-electron chi connectivity index (χ4n) is 4.61. The molecule has 3 saturated heterocycles. The van der Waals surface area contributed by atoms with Gasteiger partial charge in [-0.1, -0.05) is 0 Å². The first-order valence-electron chi connectivity index (χ1n) is 11.0. The van der Waals surface area contributed by atoms with Crippen molar-refractivity contribution >= 4 is 16.2 Å². The molecule has 0 bridgehead atoms. The van der Waals surface area contributed by atoms with Crippen LogP contribution in [0.1, 0.15) is 43.7 Å². The highest BCUT2D eigenvalue weighted by molar-refractivity contribution is 7.87. The maximum absolute atomic E-state index is 12.8. The van der Waals surface area contributed by atoms with E-state index in [0.717, 1.165) is 57.6 Å². The molecule has 0 radical (unpaired) electrons. The minimum absolute atomic E-state index is 0.123. The molecular formula is C20H33N5O4S. The van der Waals surface area contributed by atoms with Crippen LogP contribution >= 0.6 is 0 Å². The fraction of sp³-hybridized carbons (Fsp3) is 0.800. The second-order valence-electron chi connectivity index (χ2n) is 8.52. The van der Waals surface area contributed by atoms with Gasteiger partial charge < -0.3 is 14.4 Å². The monoisotopic (exact) mass is 439 g/mol. The summed E-state index contributed by atoms with van der Waals surface area (Å²) in [5, 5.41) is 0. The Balaban J connectivity index is 1.32. The molecule has 1 aromatic heterocycles. The number of rotatable bonds is 7. The first-order valence-corrected chi connectivity index (χ1v) is 12.4. The number of anilines is 1. The third-order valence-electron chi connectivity index (χ3n) is 6.41. The van der Waals surface area contributed by atoms with Gasteiger partial charge in [0, 0.05) is 77.0 Å². The summed E-state index contributed by atoms with van der Waals surface area (Å²) in [6.07, 6.45) is 6.23. The zero-order valence-electron chi connectivity index (χ0n) is 17.7. The van der Waals surface area contributed by atoms with Crippen LogP contribution in [-0.2, 0) is 19.7 Å². The van der Waals surface area contributed by atoms with Crippen LogP contribution in [0.2, 0.25) is 0 Å². The maximum atomic E-state index is 12.8. The summed E-state index contributed by atoms with van der Waals surface area (Å²) in [5.74, 6) is 1.56. The summed E-state index contributed by atoms with van der Waals surface area (Å²) in [6, 6.07) is 1.87. The molecule has 1 atom stereocenters. The van der Waals surface area contributed by atoms with E-state index in [1.54, 1.807) is 11.4 Å². The summed E-state index contributed by atoms with van der Waals surface area (Å²) in [5.41, 5.74) is 1.06. The summed E-state index contributed by atoms with van der Waals surface area (Å²) in [6.45, 7) is 4.70. The molecule has 0 amide bonds. The lowest BCUT2D eigenvalue weighted by Crippen LogP contribution is -2.49. The largest absolute Gasteiger partial charge is 0.384 e. The van der Waals surface area contributed by atoms with Crippen molar-refractivity contribution in [3.63, 3.8) is 0 Å². The van der Waals surface area contributed by atoms with Gasteiger partial charge in [-0.15, -0.1) is 0 Å². The second-order valence-corrected chi connectivity index (χ2v) is 10.2. The molecule has 10 heteroatoms. The Morgan fingerprint density at radius 2 is 1.93 bits per heavy atom. The van der Waals surface area contributed by atoms with Crippen molar-refractivity contribution in [1.29, 1.82) is 0 Å². The molecule has 0 aromatic carbocycles. The summed E-state index contributed by atoms with van der Waals surface area (Å²) in [7, 11) is -1.78. The van der Waals surface area contributed by atoms with E-state index in [1.165, 1.54) is 0 Å². The minimum atomic E-state index is -3.47. The van der Waals surface area contributed by atoms with Gasteiger partial charge in [-0.3, -0.25) is 0 Å². The van der Waals surface area contributed by atoms with Crippen molar-refractivity contribution in [2.45, 2.75) is 44.1 Å². The van der Waals surface area contributed by atoms with Crippen LogP contribution in [0.3, 0.4) is 0 Å². The van der Waals surface area contributed by atoms with Gasteiger partial charge in [0.1, 0.15) is 0 Å². The molecule has 3 aliphatic heterocycles. The van der Waals surface area contributed by atoms with Crippen molar-refractivity contribution in [2.75, 3.05) is 58.0 Å². The van der Waals surface area contributed by atoms with Gasteiger partial charge in [0.2, 0.25) is 5.95 Å². The van der Waals surface area contributed by atoms with Gasteiger partial charge in [0.25, 0.3) is 10.2 Å². The number of piperidine rings is 1. The molecule has 3 aliphatic rings. The molecule has 4 heterocycles. The average molecular weight is 440 g/mol. The van der Waals surface area contributed by atoms with Crippen LogP contribution in [0.15, 0.2) is 12.3 Å². The van der Waals surface area contributed by atoms with Crippen molar-refractivity contribution in [2.24, 2.45) is 5.92 Å². The Morgan fingerprint density at radius 1 is 1.17 bits per heavy atom. The zero-order valence-corrected chi connectivity index (χ0v) is 18.5. The molecule has 3 fully saturated rings. The molecule has 30 heavy (non-hydrogen) atoms. The highest BCUT2D eigenvalue weighted by atomic mass is 32.2. The molecule has 0 saturated carbocycles. The van der Waals surface area contributed by atoms with E-state index in [2.05, 4.69) is 14.6 Å². The van der Waals surface area contributed by atoms with Crippen molar-refractivity contribution < 1.29 is 17.9 Å². The molecule has 1 unspecified atom stereocenters. The Hall–Kier alpha value is -1.33. The van der Waals surface area contributed by atoms with Gasteiger partial charge >= 0.3 is 0 Å². The number of hydrogen-bond acceptors (Lipinski definition) is 7. The van der Waals surface area contributed by atoms with Crippen LogP contribution in [-0.4, -0.2) is 81.8 Å². The van der Waals surface area contributed by atoms with E-state index in [4.69, 9.17) is 14.5 Å². The lowest BCUT2D eigenvalue weighted by atomic mass is 9.96. The van der Waals surface area contributed by atoms with Gasteiger partial charge in [-0.05, 0) is 44.1 Å². The number of hydrogen-bond donors (Lipinski definition) is 1. The van der Waals surface area contributed by atoms with Gasteiger partial charge in [-0.2, -0.15) is 17.4 Å². The Bertz CT molecular complexity index is 794. The number of nitrogens with one attached hydrogen (secondary N) is 1. The predicted octanol–water partition coefficient (Wildman–Crippen LogP) is 1.14. The molecule has 1 aromatic rings. The fourth-order valence-corrected chi connectivity index (χ4v) is 6.06. The molecule has 4 rings (SSSR count). The van der Waals surface area contributed by atoms with E-state index >= 15 is 0 Å². The smallest absolute Gasteiger partial charge is 0.279 e. The molecule has 0 spiro atoms. The second kappa shape index (κ2) is 9.86. The first-order chi connectivity index (χ1) is 14.5. The normalized spacial score (nSPS) is 25.1. The van der Waals surface area contributed by atoms with Gasteiger partial charge in [-0.25, -0.2) is 9.97 Å². The standard InChI is InChI=1S/C20H33N5O4S/c1-28-15-16-3-10-25(11-4-16)30(26,27)23-18-5-9-24(14-18)20-21-8-2-19(22-20)17-6-12-29-13-7-17/h2,8,16-18,23H,3-7,9-15H2,1H3. The number of methoxy groups -OCH3 is 1. The number of aromatic nitrogens is 2. The maximum Gasteiger partial charge on any atom is 0.279 e.